The Morgan fingerprint density at radius 2 is 1.96 bits per heavy atom. The Labute approximate surface area is 154 Å². The Kier molecular flexibility index (Phi) is 4.78. The van der Waals surface area contributed by atoms with Crippen LogP contribution in [0.4, 0.5) is 0 Å². The number of likely N-dealkylation sites (tertiary alicyclic amines) is 1. The monoisotopic (exact) mass is 354 g/mol. The maximum atomic E-state index is 6.47. The zero-order valence-corrected chi connectivity index (χ0v) is 15.2. The Balaban J connectivity index is 1.62. The van der Waals surface area contributed by atoms with Crippen LogP contribution in [-0.2, 0) is 6.42 Å². The minimum atomic E-state index is 0.0658. The molecule has 0 saturated carbocycles. The smallest absolute Gasteiger partial charge is 0.140 e. The van der Waals surface area contributed by atoms with E-state index in [1.807, 2.05) is 18.2 Å². The van der Waals surface area contributed by atoms with Gasteiger partial charge in [0.1, 0.15) is 11.9 Å². The number of hydrogen-bond acceptors (Lipinski definition) is 3. The molecule has 0 bridgehead atoms. The van der Waals surface area contributed by atoms with Crippen LogP contribution in [0.25, 0.3) is 0 Å². The first kappa shape index (κ1) is 16.6. The molecule has 2 aromatic carbocycles. The van der Waals surface area contributed by atoms with Gasteiger partial charge in [-0.15, -0.1) is 0 Å². The van der Waals surface area contributed by atoms with Crippen LogP contribution in [0, 0.1) is 0 Å². The lowest BCUT2D eigenvalue weighted by Crippen LogP contribution is -2.38. The molecule has 0 radical (unpaired) electrons. The van der Waals surface area contributed by atoms with Gasteiger partial charge in [0.2, 0.25) is 0 Å². The van der Waals surface area contributed by atoms with Gasteiger partial charge in [0.05, 0.1) is 11.1 Å². The summed E-state index contributed by atoms with van der Waals surface area (Å²) in [6, 6.07) is 14.9. The van der Waals surface area contributed by atoms with Gasteiger partial charge in [-0.1, -0.05) is 35.9 Å². The lowest BCUT2D eigenvalue weighted by atomic mass is 10.1. The summed E-state index contributed by atoms with van der Waals surface area (Å²) in [6.07, 6.45) is 5.47. The first-order valence-corrected chi connectivity index (χ1v) is 9.34. The molecule has 4 rings (SSSR count). The zero-order valence-electron chi connectivity index (χ0n) is 14.5. The van der Waals surface area contributed by atoms with Crippen molar-refractivity contribution in [1.29, 1.82) is 0 Å². The van der Waals surface area contributed by atoms with Crippen LogP contribution in [0.2, 0.25) is 5.02 Å². The van der Waals surface area contributed by atoms with Gasteiger partial charge in [-0.25, -0.2) is 0 Å². The highest BCUT2D eigenvalue weighted by atomic mass is 35.5. The second-order valence-corrected chi connectivity index (χ2v) is 7.23. The van der Waals surface area contributed by atoms with Gasteiger partial charge >= 0.3 is 0 Å². The Morgan fingerprint density at radius 3 is 2.72 bits per heavy atom. The van der Waals surface area contributed by atoms with E-state index in [0.29, 0.717) is 11.1 Å². The zero-order chi connectivity index (χ0) is 17.2. The molecule has 0 amide bonds. The predicted octanol–water partition coefficient (Wildman–Crippen LogP) is 4.53. The van der Waals surface area contributed by atoms with Crippen molar-refractivity contribution in [3.63, 3.8) is 0 Å². The molecule has 2 atom stereocenters. The fourth-order valence-electron chi connectivity index (χ4n) is 4.04. The van der Waals surface area contributed by atoms with Crippen LogP contribution >= 0.6 is 11.6 Å². The van der Waals surface area contributed by atoms with Crippen molar-refractivity contribution < 1.29 is 4.74 Å². The van der Waals surface area contributed by atoms with Crippen molar-refractivity contribution in [3.05, 3.63) is 64.2 Å². The number of benzene rings is 2. The van der Waals surface area contributed by atoms with Crippen molar-refractivity contribution in [2.75, 3.05) is 20.1 Å². The maximum Gasteiger partial charge on any atom is 0.140 e. The number of halogens is 1. The minimum Gasteiger partial charge on any atom is -0.484 e. The molecule has 3 nitrogen and oxygen atoms in total. The lowest BCUT2D eigenvalue weighted by Gasteiger charge is -2.30. The third-order valence-electron chi connectivity index (χ3n) is 5.25. The fraction of sp³-hybridized carbons (Fsp3) is 0.381. The van der Waals surface area contributed by atoms with Crippen LogP contribution < -0.4 is 4.74 Å². The molecule has 0 spiro atoms. The second kappa shape index (κ2) is 7.19. The third kappa shape index (κ3) is 3.31. The van der Waals surface area contributed by atoms with E-state index in [1.54, 1.807) is 13.3 Å². The highest BCUT2D eigenvalue weighted by Gasteiger charge is 2.38. The SMILES string of the molecule is C/N=C/c1ccc(O[C@H]2c3ccccc3C[C@@H]2N2CCCC2)cc1Cl. The van der Waals surface area contributed by atoms with E-state index in [4.69, 9.17) is 16.3 Å². The molecule has 130 valence electrons. The van der Waals surface area contributed by atoms with Crippen LogP contribution in [0.1, 0.15) is 35.6 Å². The maximum absolute atomic E-state index is 6.47. The van der Waals surface area contributed by atoms with Gasteiger partial charge in [0, 0.05) is 18.8 Å². The van der Waals surface area contributed by atoms with Gasteiger partial charge in [-0.2, -0.15) is 0 Å². The summed E-state index contributed by atoms with van der Waals surface area (Å²) in [4.78, 5) is 6.62. The normalized spacial score (nSPS) is 23.3. The van der Waals surface area contributed by atoms with Crippen molar-refractivity contribution in [1.82, 2.24) is 4.90 Å². The first-order chi connectivity index (χ1) is 12.3. The number of aliphatic imine (C=N–C) groups is 1. The summed E-state index contributed by atoms with van der Waals surface area (Å²) in [5, 5.41) is 0.673. The molecule has 1 fully saturated rings. The van der Waals surface area contributed by atoms with Crippen molar-refractivity contribution >= 4 is 17.8 Å². The molecule has 4 heteroatoms. The number of ether oxygens (including phenoxy) is 1. The topological polar surface area (TPSA) is 24.8 Å². The minimum absolute atomic E-state index is 0.0658. The fourth-order valence-corrected chi connectivity index (χ4v) is 4.26. The average molecular weight is 355 g/mol. The summed E-state index contributed by atoms with van der Waals surface area (Å²) in [7, 11) is 1.75. The van der Waals surface area contributed by atoms with Crippen molar-refractivity contribution in [3.8, 4) is 5.75 Å². The lowest BCUT2D eigenvalue weighted by molar-refractivity contribution is 0.0941. The molecule has 2 aromatic rings. The molecular formula is C21H23ClN2O. The van der Waals surface area contributed by atoms with E-state index >= 15 is 0 Å². The van der Waals surface area contributed by atoms with Crippen molar-refractivity contribution in [2.45, 2.75) is 31.4 Å². The number of rotatable bonds is 4. The van der Waals surface area contributed by atoms with Crippen LogP contribution in [-0.4, -0.2) is 37.3 Å². The molecule has 2 aliphatic rings. The molecule has 25 heavy (non-hydrogen) atoms. The van der Waals surface area contributed by atoms with Crippen LogP contribution in [0.15, 0.2) is 47.5 Å². The Hall–Kier alpha value is -1.84. The average Bonchev–Trinajstić information content (AvgIpc) is 3.26. The molecule has 0 aromatic heterocycles. The van der Waals surface area contributed by atoms with Gasteiger partial charge in [0.25, 0.3) is 0 Å². The molecule has 0 N–H and O–H groups in total. The number of fused-ring (bicyclic) bond motifs is 1. The van der Waals surface area contributed by atoms with E-state index in [9.17, 15) is 0 Å². The van der Waals surface area contributed by atoms with Gasteiger partial charge in [0.15, 0.2) is 0 Å². The summed E-state index contributed by atoms with van der Waals surface area (Å²) in [5.74, 6) is 0.823. The molecular weight excluding hydrogens is 332 g/mol. The molecule has 1 aliphatic carbocycles. The third-order valence-corrected chi connectivity index (χ3v) is 5.58. The summed E-state index contributed by atoms with van der Waals surface area (Å²) < 4.78 is 6.47. The molecule has 1 heterocycles. The van der Waals surface area contributed by atoms with E-state index in [0.717, 1.165) is 17.7 Å². The van der Waals surface area contributed by atoms with Crippen molar-refractivity contribution in [2.24, 2.45) is 4.99 Å². The van der Waals surface area contributed by atoms with E-state index < -0.39 is 0 Å². The summed E-state index contributed by atoms with van der Waals surface area (Å²) >= 11 is 6.38. The largest absolute Gasteiger partial charge is 0.484 e. The molecule has 1 saturated heterocycles. The highest BCUT2D eigenvalue weighted by molar-refractivity contribution is 6.33. The summed E-state index contributed by atoms with van der Waals surface area (Å²) in [6.45, 7) is 2.34. The summed E-state index contributed by atoms with van der Waals surface area (Å²) in [5.41, 5.74) is 3.64. The number of nitrogens with zero attached hydrogens (tertiary/aromatic N) is 2. The predicted molar refractivity (Wildman–Crippen MR) is 103 cm³/mol. The Morgan fingerprint density at radius 1 is 1.16 bits per heavy atom. The molecule has 0 unspecified atom stereocenters. The van der Waals surface area contributed by atoms with Gasteiger partial charge in [-0.05, 0) is 61.7 Å². The van der Waals surface area contributed by atoms with E-state index in [2.05, 4.69) is 34.2 Å². The number of hydrogen-bond donors (Lipinski definition) is 0. The van der Waals surface area contributed by atoms with Gasteiger partial charge < -0.3 is 4.74 Å². The molecule has 1 aliphatic heterocycles. The first-order valence-electron chi connectivity index (χ1n) is 8.96. The quantitative estimate of drug-likeness (QED) is 0.753. The van der Waals surface area contributed by atoms with E-state index in [1.165, 1.54) is 37.1 Å². The second-order valence-electron chi connectivity index (χ2n) is 6.82. The Bertz CT molecular complexity index is 783. The van der Waals surface area contributed by atoms with Crippen LogP contribution in [0.3, 0.4) is 0 Å². The standard InChI is InChI=1S/C21H23ClN2O/c1-23-14-16-8-9-17(13-19(16)22)25-21-18-7-3-2-6-15(18)12-20(21)24-10-4-5-11-24/h2-3,6-9,13-14,20-21H,4-5,10-12H2,1H3/b23-14+/t20-,21-/m0/s1. The van der Waals surface area contributed by atoms with Crippen LogP contribution in [0.5, 0.6) is 5.75 Å². The van der Waals surface area contributed by atoms with E-state index in [-0.39, 0.29) is 6.10 Å². The highest BCUT2D eigenvalue weighted by Crippen LogP contribution is 2.39. The van der Waals surface area contributed by atoms with Gasteiger partial charge in [-0.3, -0.25) is 9.89 Å².